The molecule has 0 radical (unpaired) electrons. The van der Waals surface area contributed by atoms with Crippen LogP contribution in [0.1, 0.15) is 25.8 Å². The Morgan fingerprint density at radius 1 is 1.37 bits per heavy atom. The summed E-state index contributed by atoms with van der Waals surface area (Å²) in [7, 11) is 1.70. The van der Waals surface area contributed by atoms with Gasteiger partial charge in [-0.15, -0.1) is 0 Å². The summed E-state index contributed by atoms with van der Waals surface area (Å²) in [4.78, 5) is 0. The van der Waals surface area contributed by atoms with E-state index in [1.165, 1.54) is 5.56 Å². The highest BCUT2D eigenvalue weighted by Gasteiger charge is 2.31. The lowest BCUT2D eigenvalue weighted by molar-refractivity contribution is 0.0956. The van der Waals surface area contributed by atoms with E-state index in [1.807, 2.05) is 12.1 Å². The second-order valence-electron chi connectivity index (χ2n) is 5.24. The van der Waals surface area contributed by atoms with Crippen LogP contribution in [0, 0.1) is 5.92 Å². The second-order valence-corrected chi connectivity index (χ2v) is 5.24. The molecule has 1 N–H and O–H groups in total. The highest BCUT2D eigenvalue weighted by Crippen LogP contribution is 2.26. The molecule has 0 aromatic heterocycles. The van der Waals surface area contributed by atoms with Gasteiger partial charge in [0.15, 0.2) is 0 Å². The molecule has 1 aromatic rings. The van der Waals surface area contributed by atoms with Crippen LogP contribution in [-0.4, -0.2) is 32.4 Å². The average molecular weight is 263 g/mol. The topological polar surface area (TPSA) is 30.5 Å². The van der Waals surface area contributed by atoms with Gasteiger partial charge in [-0.2, -0.15) is 0 Å². The minimum absolute atomic E-state index is 0.363. The van der Waals surface area contributed by atoms with E-state index in [0.29, 0.717) is 18.1 Å². The van der Waals surface area contributed by atoms with Gasteiger partial charge in [-0.25, -0.2) is 0 Å². The largest absolute Gasteiger partial charge is 0.497 e. The van der Waals surface area contributed by atoms with Crippen LogP contribution in [0.5, 0.6) is 5.75 Å². The van der Waals surface area contributed by atoms with Crippen molar-refractivity contribution in [2.24, 2.45) is 5.92 Å². The predicted octanol–water partition coefficient (Wildman–Crippen LogP) is 2.64. The smallest absolute Gasteiger partial charge is 0.118 e. The van der Waals surface area contributed by atoms with Crippen molar-refractivity contribution in [3.63, 3.8) is 0 Å². The molecule has 3 heteroatoms. The third kappa shape index (κ3) is 3.71. The zero-order valence-corrected chi connectivity index (χ0v) is 12.2. The van der Waals surface area contributed by atoms with Crippen molar-refractivity contribution in [3.05, 3.63) is 29.8 Å². The molecule has 106 valence electrons. The van der Waals surface area contributed by atoms with E-state index in [1.54, 1.807) is 7.11 Å². The van der Waals surface area contributed by atoms with E-state index < -0.39 is 0 Å². The summed E-state index contributed by atoms with van der Waals surface area (Å²) >= 11 is 0. The van der Waals surface area contributed by atoms with Crippen LogP contribution >= 0.6 is 0 Å². The number of nitrogens with one attached hydrogen (secondary N) is 1. The first kappa shape index (κ1) is 14.4. The van der Waals surface area contributed by atoms with E-state index in [9.17, 15) is 0 Å². The number of rotatable bonds is 6. The van der Waals surface area contributed by atoms with Gasteiger partial charge in [0.25, 0.3) is 0 Å². The summed E-state index contributed by atoms with van der Waals surface area (Å²) in [6.07, 6.45) is 2.58. The Kier molecular flexibility index (Phi) is 5.23. The van der Waals surface area contributed by atoms with Crippen molar-refractivity contribution < 1.29 is 9.47 Å². The molecule has 0 spiro atoms. The van der Waals surface area contributed by atoms with E-state index in [4.69, 9.17) is 9.47 Å². The molecule has 1 aliphatic heterocycles. The summed E-state index contributed by atoms with van der Waals surface area (Å²) < 4.78 is 10.9. The Morgan fingerprint density at radius 2 is 2.11 bits per heavy atom. The Balaban J connectivity index is 2.02. The molecule has 3 atom stereocenters. The summed E-state index contributed by atoms with van der Waals surface area (Å²) in [5, 5.41) is 3.62. The van der Waals surface area contributed by atoms with Gasteiger partial charge in [-0.05, 0) is 44.0 Å². The molecule has 0 saturated carbocycles. The zero-order chi connectivity index (χ0) is 13.7. The first-order valence-electron chi connectivity index (χ1n) is 7.22. The highest BCUT2D eigenvalue weighted by atomic mass is 16.5. The number of hydrogen-bond donors (Lipinski definition) is 1. The van der Waals surface area contributed by atoms with Crippen molar-refractivity contribution in [1.82, 2.24) is 5.32 Å². The lowest BCUT2D eigenvalue weighted by atomic mass is 9.89. The van der Waals surface area contributed by atoms with Crippen molar-refractivity contribution in [1.29, 1.82) is 0 Å². The fourth-order valence-electron chi connectivity index (χ4n) is 2.93. The molecule has 0 amide bonds. The lowest BCUT2D eigenvalue weighted by Crippen LogP contribution is -2.40. The summed E-state index contributed by atoms with van der Waals surface area (Å²) in [5.74, 6) is 1.53. The van der Waals surface area contributed by atoms with Crippen LogP contribution < -0.4 is 10.1 Å². The average Bonchev–Trinajstić information content (AvgIpc) is 2.85. The number of methoxy groups -OCH3 is 1. The lowest BCUT2D eigenvalue weighted by Gasteiger charge is -2.26. The molecule has 0 aliphatic carbocycles. The van der Waals surface area contributed by atoms with Crippen LogP contribution in [0.25, 0.3) is 0 Å². The summed E-state index contributed by atoms with van der Waals surface area (Å²) in [5.41, 5.74) is 1.35. The minimum Gasteiger partial charge on any atom is -0.497 e. The van der Waals surface area contributed by atoms with E-state index >= 15 is 0 Å². The van der Waals surface area contributed by atoms with Crippen LogP contribution in [0.15, 0.2) is 24.3 Å². The van der Waals surface area contributed by atoms with Crippen molar-refractivity contribution in [2.75, 3.05) is 20.3 Å². The molecule has 0 bridgehead atoms. The molecule has 1 heterocycles. The molecule has 3 nitrogen and oxygen atoms in total. The molecule has 2 rings (SSSR count). The van der Waals surface area contributed by atoms with Gasteiger partial charge < -0.3 is 14.8 Å². The molecule has 1 aromatic carbocycles. The first-order valence-corrected chi connectivity index (χ1v) is 7.22. The second kappa shape index (κ2) is 6.92. The first-order chi connectivity index (χ1) is 9.24. The fraction of sp³-hybridized carbons (Fsp3) is 0.625. The summed E-state index contributed by atoms with van der Waals surface area (Å²) in [6.45, 7) is 6.26. The standard InChI is InChI=1S/C16H25NO2/c1-4-17-16(15-9-10-19-12(15)2)11-13-5-7-14(18-3)8-6-13/h5-8,12,15-17H,4,9-11H2,1-3H3. The van der Waals surface area contributed by atoms with Crippen LogP contribution in [0.4, 0.5) is 0 Å². The number of likely N-dealkylation sites (N-methyl/N-ethyl adjacent to an activating group) is 1. The van der Waals surface area contributed by atoms with Crippen LogP contribution in [0.3, 0.4) is 0 Å². The maximum atomic E-state index is 5.71. The highest BCUT2D eigenvalue weighted by molar-refractivity contribution is 5.27. The minimum atomic E-state index is 0.363. The van der Waals surface area contributed by atoms with Gasteiger partial charge in [-0.3, -0.25) is 0 Å². The molecule has 1 saturated heterocycles. The number of benzene rings is 1. The van der Waals surface area contributed by atoms with Crippen molar-refractivity contribution >= 4 is 0 Å². The van der Waals surface area contributed by atoms with Gasteiger partial charge in [0.05, 0.1) is 13.2 Å². The van der Waals surface area contributed by atoms with Crippen LogP contribution in [0.2, 0.25) is 0 Å². The Hall–Kier alpha value is -1.06. The van der Waals surface area contributed by atoms with Crippen LogP contribution in [-0.2, 0) is 11.2 Å². The monoisotopic (exact) mass is 263 g/mol. The third-order valence-electron chi connectivity index (χ3n) is 4.03. The molecular formula is C16H25NO2. The number of ether oxygens (including phenoxy) is 2. The Labute approximate surface area is 116 Å². The van der Waals surface area contributed by atoms with Crippen molar-refractivity contribution in [2.45, 2.75) is 38.8 Å². The van der Waals surface area contributed by atoms with Gasteiger partial charge >= 0.3 is 0 Å². The van der Waals surface area contributed by atoms with Crippen molar-refractivity contribution in [3.8, 4) is 5.75 Å². The third-order valence-corrected chi connectivity index (χ3v) is 4.03. The summed E-state index contributed by atoms with van der Waals surface area (Å²) in [6, 6.07) is 8.88. The SMILES string of the molecule is CCNC(Cc1ccc(OC)cc1)C1CCOC1C. The maximum Gasteiger partial charge on any atom is 0.118 e. The Morgan fingerprint density at radius 3 is 2.63 bits per heavy atom. The normalized spacial score (nSPS) is 24.4. The van der Waals surface area contributed by atoms with Gasteiger partial charge in [-0.1, -0.05) is 19.1 Å². The van der Waals surface area contributed by atoms with Gasteiger partial charge in [0.1, 0.15) is 5.75 Å². The number of hydrogen-bond acceptors (Lipinski definition) is 3. The van der Waals surface area contributed by atoms with E-state index in [-0.39, 0.29) is 0 Å². The predicted molar refractivity (Wildman–Crippen MR) is 77.7 cm³/mol. The molecule has 3 unspecified atom stereocenters. The zero-order valence-electron chi connectivity index (χ0n) is 12.2. The Bertz CT molecular complexity index is 377. The molecule has 1 fully saturated rings. The molecule has 1 aliphatic rings. The fourth-order valence-corrected chi connectivity index (χ4v) is 2.93. The molecular weight excluding hydrogens is 238 g/mol. The van der Waals surface area contributed by atoms with Gasteiger partial charge in [0.2, 0.25) is 0 Å². The van der Waals surface area contributed by atoms with E-state index in [2.05, 4.69) is 31.3 Å². The van der Waals surface area contributed by atoms with Gasteiger partial charge in [0, 0.05) is 18.6 Å². The van der Waals surface area contributed by atoms with E-state index in [0.717, 1.165) is 31.7 Å². The maximum absolute atomic E-state index is 5.71. The molecule has 19 heavy (non-hydrogen) atoms. The quantitative estimate of drug-likeness (QED) is 0.856.